The van der Waals surface area contributed by atoms with Gasteiger partial charge in [-0.15, -0.1) is 0 Å². The van der Waals surface area contributed by atoms with Crippen molar-refractivity contribution in [1.82, 2.24) is 0 Å². The Morgan fingerprint density at radius 1 is 1.19 bits per heavy atom. The van der Waals surface area contributed by atoms with Crippen LogP contribution in [0.2, 0.25) is 0 Å². The van der Waals surface area contributed by atoms with Gasteiger partial charge < -0.3 is 22.6 Å². The van der Waals surface area contributed by atoms with E-state index in [1.807, 2.05) is 30.3 Å². The molecule has 2 rings (SSSR count). The number of nitrogen functional groups attached to an aromatic ring is 1. The predicted molar refractivity (Wildman–Crippen MR) is 106 cm³/mol. The number of hydrogen-bond donors (Lipinski definition) is 4. The molecule has 27 heavy (non-hydrogen) atoms. The van der Waals surface area contributed by atoms with Crippen LogP contribution in [0.5, 0.6) is 0 Å². The Hall–Kier alpha value is -3.48. The fraction of sp³-hybridized carbons (Fsp3) is 0.150. The maximum absolute atomic E-state index is 13.7. The molecule has 0 spiro atoms. The zero-order chi connectivity index (χ0) is 20.1. The topological polar surface area (TPSA) is 131 Å². The van der Waals surface area contributed by atoms with E-state index in [0.29, 0.717) is 11.3 Å². The first-order valence-electron chi connectivity index (χ1n) is 8.26. The second-order valence-electron chi connectivity index (χ2n) is 6.06. The smallest absolute Gasteiger partial charge is 0.269 e. The van der Waals surface area contributed by atoms with Crippen molar-refractivity contribution >= 4 is 23.5 Å². The summed E-state index contributed by atoms with van der Waals surface area (Å²) in [4.78, 5) is 16.3. The molecule has 0 bridgehead atoms. The third-order valence-corrected chi connectivity index (χ3v) is 4.32. The molecule has 2 aromatic carbocycles. The van der Waals surface area contributed by atoms with Gasteiger partial charge in [0, 0.05) is 29.1 Å². The monoisotopic (exact) mass is 367 g/mol. The lowest BCUT2D eigenvalue weighted by Crippen LogP contribution is -2.22. The second-order valence-corrected chi connectivity index (χ2v) is 6.06. The highest BCUT2D eigenvalue weighted by molar-refractivity contribution is 6.03. The Balaban J connectivity index is 2.56. The van der Waals surface area contributed by atoms with E-state index in [9.17, 15) is 9.18 Å². The van der Waals surface area contributed by atoms with Crippen molar-refractivity contribution in [2.24, 2.45) is 16.5 Å². The number of rotatable bonds is 6. The fourth-order valence-corrected chi connectivity index (χ4v) is 2.71. The van der Waals surface area contributed by atoms with Gasteiger partial charge in [-0.3, -0.25) is 4.79 Å². The molecule has 7 heteroatoms. The van der Waals surface area contributed by atoms with E-state index in [0.717, 1.165) is 11.8 Å². The van der Waals surface area contributed by atoms with E-state index in [2.05, 4.69) is 4.99 Å². The van der Waals surface area contributed by atoms with E-state index < -0.39 is 17.6 Å². The lowest BCUT2D eigenvalue weighted by molar-refractivity contribution is -0.114. The van der Waals surface area contributed by atoms with Gasteiger partial charge in [0.2, 0.25) is 0 Å². The van der Waals surface area contributed by atoms with Gasteiger partial charge in [-0.05, 0) is 24.1 Å². The molecule has 0 aliphatic carbocycles. The highest BCUT2D eigenvalue weighted by Gasteiger charge is 2.21. The van der Waals surface area contributed by atoms with Gasteiger partial charge in [0.1, 0.15) is 11.5 Å². The van der Waals surface area contributed by atoms with Crippen molar-refractivity contribution < 1.29 is 9.18 Å². The van der Waals surface area contributed by atoms with Gasteiger partial charge in [-0.25, -0.2) is 9.38 Å². The molecule has 0 aliphatic heterocycles. The van der Waals surface area contributed by atoms with Crippen LogP contribution >= 0.6 is 0 Å². The summed E-state index contributed by atoms with van der Waals surface area (Å²) in [5.41, 5.74) is 19.4. The number of aliphatic imine (C=N–C) groups is 1. The van der Waals surface area contributed by atoms with Gasteiger partial charge in [0.25, 0.3) is 5.91 Å². The van der Waals surface area contributed by atoms with Crippen LogP contribution in [0.15, 0.2) is 58.9 Å². The van der Waals surface area contributed by atoms with Crippen LogP contribution in [-0.4, -0.2) is 17.8 Å². The summed E-state index contributed by atoms with van der Waals surface area (Å²) in [6.45, 7) is 3.46. The molecule has 2 aromatic rings. The zero-order valence-corrected chi connectivity index (χ0v) is 15.2. The van der Waals surface area contributed by atoms with E-state index in [4.69, 9.17) is 22.6 Å². The van der Waals surface area contributed by atoms with Crippen LogP contribution in [-0.2, 0) is 4.79 Å². The van der Waals surface area contributed by atoms with Crippen molar-refractivity contribution in [3.8, 4) is 0 Å². The largest absolute Gasteiger partial charge is 0.400 e. The number of nitrogens with one attached hydrogen (secondary N) is 1. The minimum Gasteiger partial charge on any atom is -0.400 e. The number of carbonyl (C=O) groups is 1. The molecule has 0 aliphatic rings. The summed E-state index contributed by atoms with van der Waals surface area (Å²) in [6, 6.07) is 12.0. The van der Waals surface area contributed by atoms with E-state index in [1.54, 1.807) is 13.8 Å². The predicted octanol–water partition coefficient (Wildman–Crippen LogP) is 2.67. The molecule has 7 N–H and O–H groups in total. The van der Waals surface area contributed by atoms with Crippen LogP contribution < -0.4 is 17.2 Å². The summed E-state index contributed by atoms with van der Waals surface area (Å²) >= 11 is 0. The summed E-state index contributed by atoms with van der Waals surface area (Å²) in [5.74, 6) is -1.96. The first-order chi connectivity index (χ1) is 12.8. The lowest BCUT2D eigenvalue weighted by atomic mass is 9.91. The van der Waals surface area contributed by atoms with E-state index in [-0.39, 0.29) is 22.6 Å². The fourth-order valence-electron chi connectivity index (χ4n) is 2.71. The molecular weight excluding hydrogens is 345 g/mol. The van der Waals surface area contributed by atoms with Crippen LogP contribution in [0.4, 0.5) is 10.1 Å². The Bertz CT molecular complexity index is 935. The van der Waals surface area contributed by atoms with Crippen molar-refractivity contribution in [3.05, 3.63) is 76.4 Å². The van der Waals surface area contributed by atoms with Crippen LogP contribution in [0.25, 0.3) is 0 Å². The number of amides is 1. The number of hydrogen-bond acceptors (Lipinski definition) is 5. The van der Waals surface area contributed by atoms with Crippen LogP contribution in [0.1, 0.15) is 36.5 Å². The number of anilines is 1. The molecule has 0 aromatic heterocycles. The third-order valence-electron chi connectivity index (χ3n) is 4.32. The van der Waals surface area contributed by atoms with Gasteiger partial charge in [0.05, 0.1) is 5.69 Å². The third kappa shape index (κ3) is 4.20. The van der Waals surface area contributed by atoms with Gasteiger partial charge >= 0.3 is 0 Å². The van der Waals surface area contributed by atoms with Gasteiger partial charge in [0.15, 0.2) is 0 Å². The number of nitrogens with two attached hydrogens (primary N) is 3. The Morgan fingerprint density at radius 3 is 2.37 bits per heavy atom. The molecule has 1 unspecified atom stereocenters. The highest BCUT2D eigenvalue weighted by atomic mass is 19.1. The quantitative estimate of drug-likeness (QED) is 0.355. The van der Waals surface area contributed by atoms with Crippen LogP contribution in [0, 0.1) is 11.2 Å². The molecule has 0 fully saturated rings. The molecule has 1 amide bonds. The number of allylic oxidation sites excluding steroid dienone is 1. The van der Waals surface area contributed by atoms with E-state index in [1.165, 1.54) is 12.1 Å². The first kappa shape index (κ1) is 19.8. The van der Waals surface area contributed by atoms with Crippen molar-refractivity contribution in [2.45, 2.75) is 19.8 Å². The maximum atomic E-state index is 13.7. The van der Waals surface area contributed by atoms with E-state index >= 15 is 0 Å². The zero-order valence-electron chi connectivity index (χ0n) is 15.2. The lowest BCUT2D eigenvalue weighted by Gasteiger charge is -2.18. The molecule has 0 saturated carbocycles. The molecule has 0 saturated heterocycles. The van der Waals surface area contributed by atoms with Gasteiger partial charge in [-0.2, -0.15) is 0 Å². The molecule has 6 nitrogen and oxygen atoms in total. The molecular formula is C20H22FN5O. The Kier molecular flexibility index (Phi) is 6.07. The number of nitrogens with zero attached hydrogens (tertiary/aromatic N) is 1. The number of benzene rings is 2. The minimum atomic E-state index is -0.777. The van der Waals surface area contributed by atoms with Crippen molar-refractivity contribution in [2.75, 3.05) is 5.73 Å². The van der Waals surface area contributed by atoms with Gasteiger partial charge in [-0.1, -0.05) is 43.3 Å². The van der Waals surface area contributed by atoms with Crippen molar-refractivity contribution in [3.63, 3.8) is 0 Å². The average Bonchev–Trinajstić information content (AvgIpc) is 2.67. The molecule has 0 radical (unpaired) electrons. The summed E-state index contributed by atoms with van der Waals surface area (Å²) in [7, 11) is 0. The Labute approximate surface area is 157 Å². The summed E-state index contributed by atoms with van der Waals surface area (Å²) in [6.07, 6.45) is 0.958. The summed E-state index contributed by atoms with van der Waals surface area (Å²) in [5, 5.41) is 7.53. The first-order valence-corrected chi connectivity index (χ1v) is 8.26. The molecule has 1 atom stereocenters. The molecule has 140 valence electrons. The SMILES string of the molecule is CC(=N/C(C(N)=O)=C(/N)C(C)c1ccc(F)c(N)c1C=N)c1ccccc1. The number of primary amides is 1. The normalized spacial score (nSPS) is 13.7. The van der Waals surface area contributed by atoms with Crippen LogP contribution in [0.3, 0.4) is 0 Å². The number of carbonyl (C=O) groups excluding carboxylic acids is 1. The maximum Gasteiger partial charge on any atom is 0.269 e. The summed E-state index contributed by atoms with van der Waals surface area (Å²) < 4.78 is 13.7. The number of halogens is 1. The minimum absolute atomic E-state index is 0.0809. The standard InChI is InChI=1S/C20H22FN5O/c1-11(14-8-9-16(21)18(24)15(14)10-22)17(23)19(20(25)27)26-12(2)13-6-4-3-5-7-13/h3-11,22H,23-24H2,1-2H3,(H2,25,27)/b19-17+,22-10?,26-12?. The highest BCUT2D eigenvalue weighted by Crippen LogP contribution is 2.30. The second kappa shape index (κ2) is 8.27. The Morgan fingerprint density at radius 2 is 1.81 bits per heavy atom. The van der Waals surface area contributed by atoms with Crippen molar-refractivity contribution in [1.29, 1.82) is 5.41 Å². The molecule has 0 heterocycles. The average molecular weight is 367 g/mol.